The van der Waals surface area contributed by atoms with Gasteiger partial charge in [0.1, 0.15) is 5.75 Å². The molecule has 1 rings (SSSR count). The van der Waals surface area contributed by atoms with Crippen LogP contribution in [0.3, 0.4) is 0 Å². The summed E-state index contributed by atoms with van der Waals surface area (Å²) in [7, 11) is 0. The molecule has 0 fully saturated rings. The Balaban J connectivity index is 2.60. The number of hydrogen-bond acceptors (Lipinski definition) is 4. The van der Waals surface area contributed by atoms with Crippen molar-refractivity contribution in [3.8, 4) is 5.75 Å². The van der Waals surface area contributed by atoms with Crippen molar-refractivity contribution in [1.82, 2.24) is 15.5 Å². The molecule has 1 aromatic rings. The monoisotopic (exact) mass is 415 g/mol. The number of carbonyl (C=O) groups excluding carboxylic acids is 1. The van der Waals surface area contributed by atoms with Gasteiger partial charge >= 0.3 is 0 Å². The zero-order chi connectivity index (χ0) is 17.9. The van der Waals surface area contributed by atoms with Crippen LogP contribution in [0.1, 0.15) is 37.6 Å². The highest BCUT2D eigenvalue weighted by Crippen LogP contribution is 2.23. The number of amides is 1. The van der Waals surface area contributed by atoms with E-state index in [4.69, 9.17) is 17.0 Å². The summed E-state index contributed by atoms with van der Waals surface area (Å²) in [4.78, 5) is 14.7. The zero-order valence-corrected chi connectivity index (χ0v) is 16.9. The SMILES string of the molecule is CCCOc1ccc(Br)cc1C(=O)NC(=S)NCCN(CC)CC. The fraction of sp³-hybridized carbons (Fsp3) is 0.529. The maximum atomic E-state index is 12.5. The van der Waals surface area contributed by atoms with Crippen molar-refractivity contribution in [3.63, 3.8) is 0 Å². The summed E-state index contributed by atoms with van der Waals surface area (Å²) < 4.78 is 6.45. The molecular formula is C17H26BrN3O2S. The van der Waals surface area contributed by atoms with Crippen molar-refractivity contribution in [3.05, 3.63) is 28.2 Å². The van der Waals surface area contributed by atoms with Gasteiger partial charge in [-0.2, -0.15) is 0 Å². The maximum absolute atomic E-state index is 12.5. The van der Waals surface area contributed by atoms with Crippen LogP contribution in [0.15, 0.2) is 22.7 Å². The van der Waals surface area contributed by atoms with Crippen molar-refractivity contribution in [1.29, 1.82) is 0 Å². The first-order valence-corrected chi connectivity index (χ1v) is 9.45. The van der Waals surface area contributed by atoms with Gasteiger partial charge in [0.2, 0.25) is 0 Å². The van der Waals surface area contributed by atoms with Gasteiger partial charge < -0.3 is 15.0 Å². The van der Waals surface area contributed by atoms with Gasteiger partial charge in [0.25, 0.3) is 5.91 Å². The van der Waals surface area contributed by atoms with E-state index in [9.17, 15) is 4.79 Å². The molecule has 0 saturated heterocycles. The van der Waals surface area contributed by atoms with E-state index >= 15 is 0 Å². The average molecular weight is 416 g/mol. The number of thiocarbonyl (C=S) groups is 1. The van der Waals surface area contributed by atoms with E-state index < -0.39 is 0 Å². The number of hydrogen-bond donors (Lipinski definition) is 2. The zero-order valence-electron chi connectivity index (χ0n) is 14.5. The summed E-state index contributed by atoms with van der Waals surface area (Å²) in [5.41, 5.74) is 0.464. The first-order chi connectivity index (χ1) is 11.5. The molecule has 0 spiro atoms. The highest BCUT2D eigenvalue weighted by atomic mass is 79.9. The van der Waals surface area contributed by atoms with E-state index in [1.165, 1.54) is 0 Å². The molecule has 24 heavy (non-hydrogen) atoms. The van der Waals surface area contributed by atoms with Gasteiger partial charge in [0.05, 0.1) is 12.2 Å². The van der Waals surface area contributed by atoms with Crippen molar-refractivity contribution < 1.29 is 9.53 Å². The van der Waals surface area contributed by atoms with Crippen LogP contribution >= 0.6 is 28.1 Å². The van der Waals surface area contributed by atoms with Crippen molar-refractivity contribution in [2.24, 2.45) is 0 Å². The van der Waals surface area contributed by atoms with Crippen LogP contribution in [0.4, 0.5) is 0 Å². The highest BCUT2D eigenvalue weighted by molar-refractivity contribution is 9.10. The predicted octanol–water partition coefficient (Wildman–Crippen LogP) is 3.18. The summed E-state index contributed by atoms with van der Waals surface area (Å²) >= 11 is 8.59. The molecule has 7 heteroatoms. The Bertz CT molecular complexity index is 551. The molecule has 5 nitrogen and oxygen atoms in total. The van der Waals surface area contributed by atoms with Crippen molar-refractivity contribution >= 4 is 39.2 Å². The number of nitrogens with one attached hydrogen (secondary N) is 2. The molecule has 134 valence electrons. The van der Waals surface area contributed by atoms with Gasteiger partial charge in [-0.1, -0.05) is 36.7 Å². The standard InChI is InChI=1S/C17H26BrN3O2S/c1-4-11-23-15-8-7-13(18)12-14(15)16(22)20-17(24)19-9-10-21(5-2)6-3/h7-8,12H,4-6,9-11H2,1-3H3,(H2,19,20,22,24). The molecule has 0 aromatic heterocycles. The molecule has 0 aliphatic heterocycles. The number of ether oxygens (including phenoxy) is 1. The predicted molar refractivity (Wildman–Crippen MR) is 106 cm³/mol. The summed E-state index contributed by atoms with van der Waals surface area (Å²) in [6.45, 7) is 10.4. The van der Waals surface area contributed by atoms with Gasteiger partial charge in [-0.25, -0.2) is 0 Å². The van der Waals surface area contributed by atoms with E-state index in [2.05, 4.69) is 45.3 Å². The molecule has 1 amide bonds. The number of likely N-dealkylation sites (N-methyl/N-ethyl adjacent to an activating group) is 1. The van der Waals surface area contributed by atoms with E-state index in [1.54, 1.807) is 12.1 Å². The Kier molecular flexibility index (Phi) is 9.90. The molecule has 0 saturated carbocycles. The molecule has 0 radical (unpaired) electrons. The Morgan fingerprint density at radius 2 is 2.00 bits per heavy atom. The Labute approximate surface area is 158 Å². The second-order valence-electron chi connectivity index (χ2n) is 5.23. The summed E-state index contributed by atoms with van der Waals surface area (Å²) in [6, 6.07) is 5.37. The lowest BCUT2D eigenvalue weighted by atomic mass is 10.2. The molecule has 0 heterocycles. The van der Waals surface area contributed by atoms with E-state index in [0.29, 0.717) is 29.6 Å². The normalized spacial score (nSPS) is 10.5. The molecule has 0 unspecified atom stereocenters. The van der Waals surface area contributed by atoms with Crippen LogP contribution in [-0.2, 0) is 0 Å². The second kappa shape index (κ2) is 11.4. The number of halogens is 1. The van der Waals surface area contributed by atoms with Crippen molar-refractivity contribution in [2.75, 3.05) is 32.8 Å². The van der Waals surface area contributed by atoms with Crippen LogP contribution in [-0.4, -0.2) is 48.7 Å². The van der Waals surface area contributed by atoms with Gasteiger partial charge in [-0.05, 0) is 49.9 Å². The van der Waals surface area contributed by atoms with Crippen LogP contribution < -0.4 is 15.4 Å². The third-order valence-electron chi connectivity index (χ3n) is 3.48. The highest BCUT2D eigenvalue weighted by Gasteiger charge is 2.14. The number of carbonyl (C=O) groups is 1. The minimum Gasteiger partial charge on any atom is -0.493 e. The van der Waals surface area contributed by atoms with Gasteiger partial charge in [0, 0.05) is 17.6 Å². The van der Waals surface area contributed by atoms with E-state index in [1.807, 2.05) is 13.0 Å². The number of nitrogens with zero attached hydrogens (tertiary/aromatic N) is 1. The molecule has 0 aliphatic carbocycles. The first-order valence-electron chi connectivity index (χ1n) is 8.25. The molecule has 0 aliphatic rings. The summed E-state index contributed by atoms with van der Waals surface area (Å²) in [5.74, 6) is 0.284. The van der Waals surface area contributed by atoms with Crippen LogP contribution in [0.25, 0.3) is 0 Å². The molecule has 0 atom stereocenters. The Hall–Kier alpha value is -1.18. The quantitative estimate of drug-likeness (QED) is 0.606. The van der Waals surface area contributed by atoms with Crippen LogP contribution in [0.5, 0.6) is 5.75 Å². The number of benzene rings is 1. The topological polar surface area (TPSA) is 53.6 Å². The Morgan fingerprint density at radius 1 is 1.29 bits per heavy atom. The fourth-order valence-corrected chi connectivity index (χ4v) is 2.66. The van der Waals surface area contributed by atoms with Crippen LogP contribution in [0, 0.1) is 0 Å². The summed E-state index contributed by atoms with van der Waals surface area (Å²) in [6.07, 6.45) is 0.877. The lowest BCUT2D eigenvalue weighted by Crippen LogP contribution is -2.42. The lowest BCUT2D eigenvalue weighted by molar-refractivity contribution is 0.0972. The van der Waals surface area contributed by atoms with Crippen molar-refractivity contribution in [2.45, 2.75) is 27.2 Å². The average Bonchev–Trinajstić information content (AvgIpc) is 2.57. The van der Waals surface area contributed by atoms with Gasteiger partial charge in [-0.15, -0.1) is 0 Å². The largest absolute Gasteiger partial charge is 0.493 e. The first kappa shape index (κ1) is 20.9. The minimum absolute atomic E-state index is 0.275. The Morgan fingerprint density at radius 3 is 2.62 bits per heavy atom. The van der Waals surface area contributed by atoms with E-state index in [-0.39, 0.29) is 5.91 Å². The lowest BCUT2D eigenvalue weighted by Gasteiger charge is -2.19. The molecule has 1 aromatic carbocycles. The molecule has 0 bridgehead atoms. The fourth-order valence-electron chi connectivity index (χ4n) is 2.10. The summed E-state index contributed by atoms with van der Waals surface area (Å²) in [5, 5.41) is 6.10. The maximum Gasteiger partial charge on any atom is 0.261 e. The van der Waals surface area contributed by atoms with Gasteiger partial charge in [0.15, 0.2) is 5.11 Å². The second-order valence-corrected chi connectivity index (χ2v) is 6.55. The smallest absolute Gasteiger partial charge is 0.261 e. The van der Waals surface area contributed by atoms with E-state index in [0.717, 1.165) is 30.5 Å². The third-order valence-corrected chi connectivity index (χ3v) is 4.22. The molecular weight excluding hydrogens is 390 g/mol. The third kappa shape index (κ3) is 7.15. The van der Waals surface area contributed by atoms with Gasteiger partial charge in [-0.3, -0.25) is 10.1 Å². The number of rotatable bonds is 9. The minimum atomic E-state index is -0.275. The molecule has 2 N–H and O–H groups in total. The van der Waals surface area contributed by atoms with Crippen LogP contribution in [0.2, 0.25) is 0 Å².